The van der Waals surface area contributed by atoms with Crippen LogP contribution in [-0.4, -0.2) is 35.3 Å². The molecule has 0 bridgehead atoms. The van der Waals surface area contributed by atoms with Crippen LogP contribution in [0.2, 0.25) is 0 Å². The Morgan fingerprint density at radius 2 is 2.15 bits per heavy atom. The highest BCUT2D eigenvalue weighted by atomic mass is 16.2. The maximum atomic E-state index is 12.8. The van der Waals surface area contributed by atoms with Gasteiger partial charge in [-0.05, 0) is 25.0 Å². The largest absolute Gasteiger partial charge is 0.309 e. The lowest BCUT2D eigenvalue weighted by Crippen LogP contribution is -2.32. The second kappa shape index (κ2) is 6.32. The molecule has 1 aliphatic rings. The van der Waals surface area contributed by atoms with Crippen LogP contribution in [0.15, 0.2) is 29.5 Å². The van der Waals surface area contributed by atoms with Gasteiger partial charge in [0.2, 0.25) is 5.91 Å². The molecule has 1 amide bonds. The molecule has 0 unspecified atom stereocenters. The predicted octanol–water partition coefficient (Wildman–Crippen LogP) is 1.32. The summed E-state index contributed by atoms with van der Waals surface area (Å²) in [5.74, 6) is 1.15. The topological polar surface area (TPSA) is 107 Å². The van der Waals surface area contributed by atoms with Crippen molar-refractivity contribution in [3.8, 4) is 0 Å². The van der Waals surface area contributed by atoms with Crippen molar-refractivity contribution in [2.45, 2.75) is 45.1 Å². The molecule has 3 aromatic rings. The Morgan fingerprint density at radius 1 is 1.35 bits per heavy atom. The van der Waals surface area contributed by atoms with E-state index in [9.17, 15) is 9.59 Å². The summed E-state index contributed by atoms with van der Waals surface area (Å²) in [5, 5.41) is 11.6. The Bertz CT molecular complexity index is 1020. The third-order valence-corrected chi connectivity index (χ3v) is 4.28. The van der Waals surface area contributed by atoms with Gasteiger partial charge in [0, 0.05) is 18.0 Å². The van der Waals surface area contributed by atoms with Gasteiger partial charge in [-0.1, -0.05) is 13.8 Å². The Kier molecular flexibility index (Phi) is 3.98. The van der Waals surface area contributed by atoms with Crippen molar-refractivity contribution in [2.75, 3.05) is 5.32 Å². The molecule has 0 aromatic carbocycles. The number of nitrogens with one attached hydrogen (secondary N) is 1. The van der Waals surface area contributed by atoms with E-state index >= 15 is 0 Å². The first-order valence-electron chi connectivity index (χ1n) is 8.59. The SMILES string of the molecule is CC(C)c1nn(CC(=O)Nc2ccncn2)c(=O)c2cc(C3CC3)nn12. The van der Waals surface area contributed by atoms with Gasteiger partial charge >= 0.3 is 0 Å². The van der Waals surface area contributed by atoms with Gasteiger partial charge in [-0.3, -0.25) is 9.59 Å². The van der Waals surface area contributed by atoms with Gasteiger partial charge in [-0.25, -0.2) is 19.2 Å². The lowest BCUT2D eigenvalue weighted by atomic mass is 10.2. The van der Waals surface area contributed by atoms with E-state index in [0.29, 0.717) is 23.1 Å². The van der Waals surface area contributed by atoms with Crippen molar-refractivity contribution in [1.29, 1.82) is 0 Å². The van der Waals surface area contributed by atoms with Gasteiger partial charge in [0.15, 0.2) is 5.82 Å². The van der Waals surface area contributed by atoms with E-state index in [-0.39, 0.29) is 23.9 Å². The highest BCUT2D eigenvalue weighted by Crippen LogP contribution is 2.39. The van der Waals surface area contributed by atoms with Crippen LogP contribution in [0, 0.1) is 0 Å². The van der Waals surface area contributed by atoms with Gasteiger partial charge in [0.1, 0.15) is 24.2 Å². The van der Waals surface area contributed by atoms with E-state index in [2.05, 4.69) is 25.5 Å². The average molecular weight is 353 g/mol. The van der Waals surface area contributed by atoms with Crippen LogP contribution < -0.4 is 10.9 Å². The fourth-order valence-corrected chi connectivity index (χ4v) is 2.80. The number of carbonyl (C=O) groups excluding carboxylic acids is 1. The number of nitrogens with zero attached hydrogens (tertiary/aromatic N) is 6. The summed E-state index contributed by atoms with van der Waals surface area (Å²) in [6.07, 6.45) is 5.07. The summed E-state index contributed by atoms with van der Waals surface area (Å²) < 4.78 is 2.82. The third kappa shape index (κ3) is 3.07. The van der Waals surface area contributed by atoms with E-state index < -0.39 is 0 Å². The molecule has 1 N–H and O–H groups in total. The molecule has 0 saturated heterocycles. The van der Waals surface area contributed by atoms with Crippen molar-refractivity contribution < 1.29 is 4.79 Å². The molecular weight excluding hydrogens is 334 g/mol. The fourth-order valence-electron chi connectivity index (χ4n) is 2.80. The highest BCUT2D eigenvalue weighted by molar-refractivity contribution is 5.89. The van der Waals surface area contributed by atoms with E-state index in [4.69, 9.17) is 0 Å². The maximum Gasteiger partial charge on any atom is 0.293 e. The quantitative estimate of drug-likeness (QED) is 0.741. The summed E-state index contributed by atoms with van der Waals surface area (Å²) in [7, 11) is 0. The second-order valence-corrected chi connectivity index (χ2v) is 6.76. The molecule has 0 aliphatic heterocycles. The molecule has 3 heterocycles. The van der Waals surface area contributed by atoms with Gasteiger partial charge in [-0.15, -0.1) is 0 Å². The van der Waals surface area contributed by atoms with Crippen molar-refractivity contribution in [1.82, 2.24) is 29.4 Å². The number of hydrogen-bond acceptors (Lipinski definition) is 6. The molecule has 4 rings (SSSR count). The van der Waals surface area contributed by atoms with Gasteiger partial charge in [0.05, 0.1) is 5.69 Å². The molecular formula is C17H19N7O2. The van der Waals surface area contributed by atoms with E-state index in [1.807, 2.05) is 19.9 Å². The predicted molar refractivity (Wildman–Crippen MR) is 94.0 cm³/mol. The number of aromatic nitrogens is 6. The average Bonchev–Trinajstić information content (AvgIpc) is 3.37. The van der Waals surface area contributed by atoms with Gasteiger partial charge < -0.3 is 5.32 Å². The van der Waals surface area contributed by atoms with Crippen LogP contribution in [0.3, 0.4) is 0 Å². The number of amides is 1. The minimum atomic E-state index is -0.376. The Hall–Kier alpha value is -3.10. The maximum absolute atomic E-state index is 12.8. The van der Waals surface area contributed by atoms with E-state index in [0.717, 1.165) is 18.5 Å². The zero-order valence-corrected chi connectivity index (χ0v) is 14.6. The van der Waals surface area contributed by atoms with Crippen LogP contribution in [-0.2, 0) is 11.3 Å². The van der Waals surface area contributed by atoms with Crippen molar-refractivity contribution >= 4 is 17.2 Å². The molecule has 0 atom stereocenters. The zero-order valence-electron chi connectivity index (χ0n) is 14.6. The molecule has 1 aliphatic carbocycles. The normalized spacial score (nSPS) is 14.1. The van der Waals surface area contributed by atoms with E-state index in [1.165, 1.54) is 17.2 Å². The summed E-state index contributed by atoms with van der Waals surface area (Å²) in [5.41, 5.74) is 1.06. The molecule has 134 valence electrons. The summed E-state index contributed by atoms with van der Waals surface area (Å²) in [6, 6.07) is 3.40. The van der Waals surface area contributed by atoms with Crippen LogP contribution in [0.4, 0.5) is 5.82 Å². The standard InChI is InChI=1S/C17H19N7O2/c1-10(2)16-22-23(8-15(25)20-14-5-6-18-9-19-14)17(26)13-7-12(11-3-4-11)21-24(13)16/h5-7,9-11H,3-4,8H2,1-2H3,(H,18,19,20,25). The molecule has 3 aromatic heterocycles. The molecule has 0 spiro atoms. The number of anilines is 1. The fraction of sp³-hybridized carbons (Fsp3) is 0.412. The zero-order chi connectivity index (χ0) is 18.3. The summed E-state index contributed by atoms with van der Waals surface area (Å²) >= 11 is 0. The van der Waals surface area contributed by atoms with Crippen LogP contribution in [0.25, 0.3) is 5.52 Å². The highest BCUT2D eigenvalue weighted by Gasteiger charge is 2.28. The minimum Gasteiger partial charge on any atom is -0.309 e. The van der Waals surface area contributed by atoms with Crippen LogP contribution in [0.5, 0.6) is 0 Å². The third-order valence-electron chi connectivity index (χ3n) is 4.28. The monoisotopic (exact) mass is 353 g/mol. The Labute approximate surface area is 149 Å². The first-order chi connectivity index (χ1) is 12.5. The molecule has 9 nitrogen and oxygen atoms in total. The van der Waals surface area contributed by atoms with Crippen molar-refractivity contribution in [2.24, 2.45) is 0 Å². The van der Waals surface area contributed by atoms with Gasteiger partial charge in [-0.2, -0.15) is 10.2 Å². The summed E-state index contributed by atoms with van der Waals surface area (Å²) in [4.78, 5) is 32.8. The second-order valence-electron chi connectivity index (χ2n) is 6.76. The number of hydrogen-bond donors (Lipinski definition) is 1. The van der Waals surface area contributed by atoms with E-state index in [1.54, 1.807) is 10.6 Å². The van der Waals surface area contributed by atoms with Gasteiger partial charge in [0.25, 0.3) is 5.56 Å². The Balaban J connectivity index is 1.69. The number of carbonyl (C=O) groups is 1. The molecule has 0 radical (unpaired) electrons. The Morgan fingerprint density at radius 3 is 2.81 bits per heavy atom. The van der Waals surface area contributed by atoms with Crippen molar-refractivity contribution in [3.05, 3.63) is 46.5 Å². The lowest BCUT2D eigenvalue weighted by Gasteiger charge is -2.11. The minimum absolute atomic E-state index is 0.0567. The molecule has 1 fully saturated rings. The number of fused-ring (bicyclic) bond motifs is 1. The molecule has 1 saturated carbocycles. The van der Waals surface area contributed by atoms with Crippen LogP contribution in [0.1, 0.15) is 50.0 Å². The number of rotatable bonds is 5. The summed E-state index contributed by atoms with van der Waals surface area (Å²) in [6.45, 7) is 3.77. The first-order valence-corrected chi connectivity index (χ1v) is 8.59. The lowest BCUT2D eigenvalue weighted by molar-refractivity contribution is -0.117. The van der Waals surface area contributed by atoms with Crippen LogP contribution >= 0.6 is 0 Å². The molecule has 9 heteroatoms. The van der Waals surface area contributed by atoms with Crippen molar-refractivity contribution in [3.63, 3.8) is 0 Å². The smallest absolute Gasteiger partial charge is 0.293 e. The first kappa shape index (κ1) is 16.4. The molecule has 26 heavy (non-hydrogen) atoms.